The molecule has 0 saturated heterocycles. The quantitative estimate of drug-likeness (QED) is 0.771. The number of ketones is 1. The molecule has 0 bridgehead atoms. The van der Waals surface area contributed by atoms with Crippen LogP contribution in [0.3, 0.4) is 0 Å². The Morgan fingerprint density at radius 2 is 2.06 bits per heavy atom. The summed E-state index contributed by atoms with van der Waals surface area (Å²) in [5, 5.41) is 0.294. The van der Waals surface area contributed by atoms with E-state index < -0.39 is 11.4 Å². The summed E-state index contributed by atoms with van der Waals surface area (Å²) < 4.78 is 13.7. The lowest BCUT2D eigenvalue weighted by atomic mass is 9.87. The molecule has 2 nitrogen and oxygen atoms in total. The first kappa shape index (κ1) is 14.1. The van der Waals surface area contributed by atoms with Crippen molar-refractivity contribution in [2.45, 2.75) is 25.8 Å². The molecule has 1 unspecified atom stereocenters. The van der Waals surface area contributed by atoms with Crippen LogP contribution in [0.25, 0.3) is 0 Å². The first-order valence-electron chi connectivity index (χ1n) is 5.50. The molecule has 0 fully saturated rings. The van der Waals surface area contributed by atoms with E-state index in [1.165, 1.54) is 18.2 Å². The summed E-state index contributed by atoms with van der Waals surface area (Å²) in [5.41, 5.74) is -0.610. The van der Waals surface area contributed by atoms with E-state index in [0.717, 1.165) is 0 Å². The fourth-order valence-corrected chi connectivity index (χ4v) is 1.80. The van der Waals surface area contributed by atoms with Crippen LogP contribution in [-0.4, -0.2) is 30.3 Å². The van der Waals surface area contributed by atoms with E-state index in [4.69, 9.17) is 11.6 Å². The Morgan fingerprint density at radius 3 is 2.47 bits per heavy atom. The van der Waals surface area contributed by atoms with Crippen LogP contribution in [0.1, 0.15) is 30.6 Å². The van der Waals surface area contributed by atoms with Crippen molar-refractivity contribution in [1.29, 1.82) is 0 Å². The topological polar surface area (TPSA) is 20.3 Å². The molecule has 94 valence electrons. The number of hydrogen-bond donors (Lipinski definition) is 0. The highest BCUT2D eigenvalue weighted by atomic mass is 35.5. The molecule has 0 radical (unpaired) electrons. The van der Waals surface area contributed by atoms with Gasteiger partial charge in [0.05, 0.1) is 11.1 Å². The molecule has 1 aromatic carbocycles. The number of likely N-dealkylation sites (N-methyl/N-ethyl adjacent to an activating group) is 1. The number of benzene rings is 1. The number of hydrogen-bond acceptors (Lipinski definition) is 2. The van der Waals surface area contributed by atoms with Crippen LogP contribution in [0.15, 0.2) is 18.2 Å². The van der Waals surface area contributed by atoms with Crippen molar-refractivity contribution in [1.82, 2.24) is 4.90 Å². The number of halogens is 2. The van der Waals surface area contributed by atoms with Gasteiger partial charge in [-0.15, -0.1) is 0 Å². The first-order valence-corrected chi connectivity index (χ1v) is 5.88. The molecule has 0 amide bonds. The molecule has 1 aromatic rings. The number of carbonyl (C=O) groups is 1. The maximum atomic E-state index is 13.7. The maximum absolute atomic E-state index is 13.7. The van der Waals surface area contributed by atoms with Crippen molar-refractivity contribution in [3.63, 3.8) is 0 Å². The van der Waals surface area contributed by atoms with Gasteiger partial charge in [-0.1, -0.05) is 18.5 Å². The lowest BCUT2D eigenvalue weighted by Crippen LogP contribution is -2.48. The van der Waals surface area contributed by atoms with Crippen molar-refractivity contribution < 1.29 is 9.18 Å². The number of Topliss-reactive ketones (excluding diaryl/α,β-unsaturated/α-hetero) is 1. The Hall–Kier alpha value is -0.930. The van der Waals surface area contributed by atoms with Gasteiger partial charge in [0.25, 0.3) is 0 Å². The van der Waals surface area contributed by atoms with Crippen molar-refractivity contribution in [2.75, 3.05) is 14.1 Å². The zero-order chi connectivity index (χ0) is 13.2. The SMILES string of the molecule is CCC(C)(C(=O)c1ccc(Cl)cc1F)N(C)C. The minimum atomic E-state index is -0.700. The molecule has 0 aliphatic carbocycles. The molecule has 4 heteroatoms. The average molecular weight is 258 g/mol. The average Bonchev–Trinajstić information content (AvgIpc) is 2.26. The number of rotatable bonds is 4. The molecular formula is C13H17ClFNO. The van der Waals surface area contributed by atoms with Gasteiger partial charge in [0.15, 0.2) is 5.78 Å². The van der Waals surface area contributed by atoms with Crippen LogP contribution >= 0.6 is 11.6 Å². The molecule has 0 saturated carbocycles. The summed E-state index contributed by atoms with van der Waals surface area (Å²) in [6, 6.07) is 4.14. The summed E-state index contributed by atoms with van der Waals surface area (Å²) in [5.74, 6) is -0.789. The standard InChI is InChI=1S/C13H17ClFNO/c1-5-13(2,16(3)4)12(17)10-7-6-9(14)8-11(10)15/h6-8H,5H2,1-4H3. The van der Waals surface area contributed by atoms with Crippen molar-refractivity contribution >= 4 is 17.4 Å². The third kappa shape index (κ3) is 2.67. The van der Waals surface area contributed by atoms with Crippen LogP contribution in [-0.2, 0) is 0 Å². The molecule has 0 aliphatic rings. The highest BCUT2D eigenvalue weighted by Crippen LogP contribution is 2.25. The second kappa shape index (κ2) is 5.15. The van der Waals surface area contributed by atoms with Crippen LogP contribution in [0.5, 0.6) is 0 Å². The van der Waals surface area contributed by atoms with E-state index in [9.17, 15) is 9.18 Å². The summed E-state index contributed by atoms with van der Waals surface area (Å²) in [6.45, 7) is 3.72. The summed E-state index contributed by atoms with van der Waals surface area (Å²) in [7, 11) is 3.63. The number of carbonyl (C=O) groups excluding carboxylic acids is 1. The lowest BCUT2D eigenvalue weighted by Gasteiger charge is -2.34. The van der Waals surface area contributed by atoms with E-state index >= 15 is 0 Å². The predicted octanol–water partition coefficient (Wildman–Crippen LogP) is 3.39. The maximum Gasteiger partial charge on any atom is 0.185 e. The van der Waals surface area contributed by atoms with E-state index in [2.05, 4.69) is 0 Å². The molecule has 1 atom stereocenters. The van der Waals surface area contributed by atoms with Gasteiger partial charge in [0.2, 0.25) is 0 Å². The Kier molecular flexibility index (Phi) is 4.28. The summed E-state index contributed by atoms with van der Waals surface area (Å²) in [4.78, 5) is 14.2. The van der Waals surface area contributed by atoms with Gasteiger partial charge in [-0.05, 0) is 45.6 Å². The molecule has 0 N–H and O–H groups in total. The molecule has 0 heterocycles. The minimum Gasteiger partial charge on any atom is -0.297 e. The fourth-order valence-electron chi connectivity index (χ4n) is 1.64. The van der Waals surface area contributed by atoms with Gasteiger partial charge in [-0.25, -0.2) is 4.39 Å². The van der Waals surface area contributed by atoms with E-state index in [1.54, 1.807) is 0 Å². The lowest BCUT2D eigenvalue weighted by molar-refractivity contribution is 0.0706. The van der Waals surface area contributed by atoms with Crippen LogP contribution < -0.4 is 0 Å². The Labute approximate surface area is 106 Å². The van der Waals surface area contributed by atoms with Gasteiger partial charge < -0.3 is 0 Å². The van der Waals surface area contributed by atoms with Gasteiger partial charge in [-0.2, -0.15) is 0 Å². The van der Waals surface area contributed by atoms with Gasteiger partial charge >= 0.3 is 0 Å². The molecule has 1 rings (SSSR count). The van der Waals surface area contributed by atoms with Gasteiger partial charge in [-0.3, -0.25) is 9.69 Å². The van der Waals surface area contributed by atoms with Crippen molar-refractivity contribution in [3.05, 3.63) is 34.6 Å². The summed E-state index contributed by atoms with van der Waals surface area (Å²) in [6.07, 6.45) is 0.612. The van der Waals surface area contributed by atoms with Crippen LogP contribution in [0, 0.1) is 5.82 Å². The molecular weight excluding hydrogens is 241 g/mol. The Morgan fingerprint density at radius 1 is 1.47 bits per heavy atom. The second-order valence-electron chi connectivity index (χ2n) is 4.48. The normalized spacial score (nSPS) is 14.8. The Balaban J connectivity index is 3.20. The van der Waals surface area contributed by atoms with E-state index in [0.29, 0.717) is 11.4 Å². The molecule has 0 spiro atoms. The van der Waals surface area contributed by atoms with Crippen LogP contribution in [0.2, 0.25) is 5.02 Å². The molecule has 0 aliphatic heterocycles. The van der Waals surface area contributed by atoms with Gasteiger partial charge in [0, 0.05) is 5.02 Å². The molecule has 17 heavy (non-hydrogen) atoms. The fraction of sp³-hybridized carbons (Fsp3) is 0.462. The first-order chi connectivity index (χ1) is 7.82. The second-order valence-corrected chi connectivity index (χ2v) is 4.91. The van der Waals surface area contributed by atoms with Crippen molar-refractivity contribution in [3.8, 4) is 0 Å². The highest BCUT2D eigenvalue weighted by Gasteiger charge is 2.35. The molecule has 0 aromatic heterocycles. The Bertz CT molecular complexity index is 433. The summed E-state index contributed by atoms with van der Waals surface area (Å²) >= 11 is 5.67. The smallest absolute Gasteiger partial charge is 0.185 e. The van der Waals surface area contributed by atoms with Gasteiger partial charge in [0.1, 0.15) is 5.82 Å². The van der Waals surface area contributed by atoms with E-state index in [1.807, 2.05) is 32.8 Å². The number of nitrogens with zero attached hydrogens (tertiary/aromatic N) is 1. The largest absolute Gasteiger partial charge is 0.297 e. The predicted molar refractivity (Wildman–Crippen MR) is 68.1 cm³/mol. The zero-order valence-corrected chi connectivity index (χ0v) is 11.3. The zero-order valence-electron chi connectivity index (χ0n) is 10.6. The highest BCUT2D eigenvalue weighted by molar-refractivity contribution is 6.30. The van der Waals surface area contributed by atoms with Crippen molar-refractivity contribution in [2.24, 2.45) is 0 Å². The van der Waals surface area contributed by atoms with Crippen LogP contribution in [0.4, 0.5) is 4.39 Å². The third-order valence-electron chi connectivity index (χ3n) is 3.34. The van der Waals surface area contributed by atoms with E-state index in [-0.39, 0.29) is 11.3 Å². The third-order valence-corrected chi connectivity index (χ3v) is 3.58. The monoisotopic (exact) mass is 257 g/mol. The minimum absolute atomic E-state index is 0.0902.